The second-order valence-corrected chi connectivity index (χ2v) is 17.0. The molecule has 0 spiro atoms. The molecule has 6 heteroatoms. The lowest BCUT2D eigenvalue weighted by atomic mass is 10.1. The zero-order valence-electron chi connectivity index (χ0n) is 41.5. The van der Waals surface area contributed by atoms with Crippen LogP contribution in [0.5, 0.6) is 0 Å². The molecule has 0 aliphatic heterocycles. The fraction of sp³-hybridized carbons (Fsp3) is 0.672. The summed E-state index contributed by atoms with van der Waals surface area (Å²) in [5.74, 6) is -0.983. The number of hydrogen-bond acceptors (Lipinski definition) is 6. The van der Waals surface area contributed by atoms with Crippen molar-refractivity contribution in [3.63, 3.8) is 0 Å². The number of hydrogen-bond donors (Lipinski definition) is 0. The normalized spacial score (nSPS) is 12.9. The molecule has 1 atom stereocenters. The lowest BCUT2D eigenvalue weighted by molar-refractivity contribution is -0.167. The highest BCUT2D eigenvalue weighted by atomic mass is 16.6. The topological polar surface area (TPSA) is 78.9 Å². The van der Waals surface area contributed by atoms with Crippen LogP contribution >= 0.6 is 0 Å². The molecule has 6 nitrogen and oxygen atoms in total. The predicted octanol–water partition coefficient (Wildman–Crippen LogP) is 17.4. The number of carbonyl (C=O) groups is 3. The Balaban J connectivity index is 4.44. The Morgan fingerprint density at radius 2 is 0.656 bits per heavy atom. The van der Waals surface area contributed by atoms with Gasteiger partial charge in [-0.3, -0.25) is 14.4 Å². The molecule has 364 valence electrons. The third-order valence-electron chi connectivity index (χ3n) is 10.8. The second-order valence-electron chi connectivity index (χ2n) is 17.0. The molecule has 0 rings (SSSR count). The molecule has 0 heterocycles. The Morgan fingerprint density at radius 3 is 1.08 bits per heavy atom. The minimum atomic E-state index is -0.812. The van der Waals surface area contributed by atoms with E-state index in [9.17, 15) is 14.4 Å². The van der Waals surface area contributed by atoms with Crippen LogP contribution in [0.3, 0.4) is 0 Å². The number of esters is 3. The Morgan fingerprint density at radius 1 is 0.328 bits per heavy atom. The summed E-state index contributed by atoms with van der Waals surface area (Å²) in [6.45, 7) is 6.37. The van der Waals surface area contributed by atoms with E-state index in [2.05, 4.69) is 118 Å². The third kappa shape index (κ3) is 49.3. The maximum absolute atomic E-state index is 12.8. The predicted molar refractivity (Wildman–Crippen MR) is 274 cm³/mol. The van der Waals surface area contributed by atoms with Gasteiger partial charge in [0.15, 0.2) is 6.10 Å². The molecule has 64 heavy (non-hydrogen) atoms. The lowest BCUT2D eigenvalue weighted by Gasteiger charge is -2.18. The van der Waals surface area contributed by atoms with Crippen molar-refractivity contribution in [2.75, 3.05) is 13.2 Å². The number of allylic oxidation sites excluding steroid dienone is 16. The van der Waals surface area contributed by atoms with Gasteiger partial charge >= 0.3 is 17.9 Å². The van der Waals surface area contributed by atoms with Gasteiger partial charge in [-0.25, -0.2) is 0 Å². The fourth-order valence-corrected chi connectivity index (χ4v) is 6.86. The molecule has 0 amide bonds. The van der Waals surface area contributed by atoms with Crippen LogP contribution in [0.4, 0.5) is 0 Å². The number of unbranched alkanes of at least 4 members (excludes halogenated alkanes) is 19. The Kier molecular flexibility index (Phi) is 49.0. The minimum absolute atomic E-state index is 0.106. The van der Waals surface area contributed by atoms with E-state index < -0.39 is 6.10 Å². The van der Waals surface area contributed by atoms with E-state index in [0.29, 0.717) is 19.3 Å². The second kappa shape index (κ2) is 52.0. The van der Waals surface area contributed by atoms with Gasteiger partial charge < -0.3 is 14.2 Å². The van der Waals surface area contributed by atoms with Crippen LogP contribution in [0.2, 0.25) is 0 Å². The highest BCUT2D eigenvalue weighted by molar-refractivity contribution is 5.71. The maximum Gasteiger partial charge on any atom is 0.306 e. The highest BCUT2D eigenvalue weighted by Crippen LogP contribution is 2.14. The quantitative estimate of drug-likeness (QED) is 0.0262. The van der Waals surface area contributed by atoms with Crippen LogP contribution in [0.1, 0.15) is 233 Å². The van der Waals surface area contributed by atoms with E-state index in [4.69, 9.17) is 14.2 Å². The third-order valence-corrected chi connectivity index (χ3v) is 10.8. The van der Waals surface area contributed by atoms with Crippen molar-refractivity contribution in [2.45, 2.75) is 239 Å². The van der Waals surface area contributed by atoms with Crippen molar-refractivity contribution in [3.8, 4) is 0 Å². The van der Waals surface area contributed by atoms with Crippen LogP contribution in [-0.2, 0) is 28.6 Å². The summed E-state index contributed by atoms with van der Waals surface area (Å²) in [7, 11) is 0. The average molecular weight is 889 g/mol. The molecule has 0 N–H and O–H groups in total. The van der Waals surface area contributed by atoms with Gasteiger partial charge in [0, 0.05) is 19.3 Å². The Hall–Kier alpha value is -3.67. The molecular formula is C58H96O6. The summed E-state index contributed by atoms with van der Waals surface area (Å²) >= 11 is 0. The molecule has 0 aromatic carbocycles. The molecule has 0 aromatic heterocycles. The smallest absolute Gasteiger partial charge is 0.306 e. The Labute approximate surface area is 394 Å². The van der Waals surface area contributed by atoms with Gasteiger partial charge in [-0.1, -0.05) is 201 Å². The fourth-order valence-electron chi connectivity index (χ4n) is 6.86. The van der Waals surface area contributed by atoms with Gasteiger partial charge in [-0.2, -0.15) is 0 Å². The number of ether oxygens (including phenoxy) is 3. The van der Waals surface area contributed by atoms with Crippen LogP contribution in [0.25, 0.3) is 0 Å². The summed E-state index contributed by atoms with van der Waals surface area (Å²) in [5.41, 5.74) is 0. The highest BCUT2D eigenvalue weighted by Gasteiger charge is 2.19. The first-order valence-corrected chi connectivity index (χ1v) is 26.2. The lowest BCUT2D eigenvalue weighted by Crippen LogP contribution is -2.30. The number of rotatable bonds is 46. The van der Waals surface area contributed by atoms with Gasteiger partial charge in [-0.05, 0) is 109 Å². The van der Waals surface area contributed by atoms with Gasteiger partial charge in [-0.15, -0.1) is 0 Å². The summed E-state index contributed by atoms with van der Waals surface area (Å²) in [6.07, 6.45) is 68.3. The van der Waals surface area contributed by atoms with Crippen molar-refractivity contribution in [3.05, 3.63) is 97.2 Å². The van der Waals surface area contributed by atoms with Gasteiger partial charge in [0.1, 0.15) is 13.2 Å². The minimum Gasteiger partial charge on any atom is -0.462 e. The molecule has 0 aromatic rings. The van der Waals surface area contributed by atoms with Crippen molar-refractivity contribution in [1.82, 2.24) is 0 Å². The molecule has 0 aliphatic rings. The van der Waals surface area contributed by atoms with E-state index >= 15 is 0 Å². The molecule has 1 unspecified atom stereocenters. The largest absolute Gasteiger partial charge is 0.462 e. The zero-order valence-corrected chi connectivity index (χ0v) is 41.5. The first-order chi connectivity index (χ1) is 31.5. The van der Waals surface area contributed by atoms with Crippen molar-refractivity contribution < 1.29 is 28.6 Å². The monoisotopic (exact) mass is 889 g/mol. The van der Waals surface area contributed by atoms with E-state index in [1.807, 2.05) is 0 Å². The standard InChI is InChI=1S/C58H96O6/c1-4-7-10-13-16-19-22-24-26-28-29-31-32-34-36-39-42-45-48-51-57(60)63-54-55(53-62-56(59)50-47-44-41-38-21-18-15-12-9-6-3)64-58(61)52-49-46-43-40-37-35-33-30-27-25-23-20-17-14-11-8-5-2/h8,11-12,15-17,19-20,24-27,33,35,40,43,55H,4-7,9-10,13-14,18,21-23,28-32,34,36-39,41-42,44-54H2,1-3H3/b11-8-,15-12-,19-16-,20-17-,26-24-,27-25-,35-33-,43-40-. The van der Waals surface area contributed by atoms with Crippen molar-refractivity contribution in [1.29, 1.82) is 0 Å². The van der Waals surface area contributed by atoms with Crippen LogP contribution in [-0.4, -0.2) is 37.2 Å². The molecule has 0 radical (unpaired) electrons. The average Bonchev–Trinajstić information content (AvgIpc) is 3.29. The molecule has 0 saturated carbocycles. The van der Waals surface area contributed by atoms with E-state index in [1.54, 1.807) is 0 Å². The van der Waals surface area contributed by atoms with E-state index in [0.717, 1.165) is 103 Å². The molecule has 0 saturated heterocycles. The molecule has 0 bridgehead atoms. The van der Waals surface area contributed by atoms with Crippen LogP contribution < -0.4 is 0 Å². The summed E-state index contributed by atoms with van der Waals surface area (Å²) in [4.78, 5) is 37.9. The Bertz CT molecular complexity index is 1300. The maximum atomic E-state index is 12.8. The van der Waals surface area contributed by atoms with Crippen LogP contribution in [0.15, 0.2) is 97.2 Å². The molecule has 0 fully saturated rings. The summed E-state index contributed by atoms with van der Waals surface area (Å²) < 4.78 is 16.7. The first kappa shape index (κ1) is 60.3. The first-order valence-electron chi connectivity index (χ1n) is 26.2. The van der Waals surface area contributed by atoms with Crippen molar-refractivity contribution >= 4 is 17.9 Å². The summed E-state index contributed by atoms with van der Waals surface area (Å²) in [6, 6.07) is 0. The number of carbonyl (C=O) groups excluding carboxylic acids is 3. The zero-order chi connectivity index (χ0) is 46.5. The van der Waals surface area contributed by atoms with Gasteiger partial charge in [0.05, 0.1) is 0 Å². The molecular weight excluding hydrogens is 793 g/mol. The van der Waals surface area contributed by atoms with Gasteiger partial charge in [0.25, 0.3) is 0 Å². The summed E-state index contributed by atoms with van der Waals surface area (Å²) in [5, 5.41) is 0. The van der Waals surface area contributed by atoms with Gasteiger partial charge in [0.2, 0.25) is 0 Å². The SMILES string of the molecule is CC/C=C\C/C=C\C/C=C\C/C=C\C/C=C\CCCC(=O)OC(COC(=O)CCCCCCC/C=C\CCC)COC(=O)CCCCCCCCCCC/C=C\C/C=C\CCCCC. The molecule has 0 aliphatic carbocycles. The van der Waals surface area contributed by atoms with Crippen LogP contribution in [0, 0.1) is 0 Å². The van der Waals surface area contributed by atoms with Crippen molar-refractivity contribution in [2.24, 2.45) is 0 Å². The van der Waals surface area contributed by atoms with E-state index in [-0.39, 0.29) is 37.5 Å². The van der Waals surface area contributed by atoms with E-state index in [1.165, 1.54) is 83.5 Å².